The number of hydrogen-bond donors (Lipinski definition) is 2. The number of rotatable bonds is 5. The van der Waals surface area contributed by atoms with E-state index in [9.17, 15) is 14.3 Å². The van der Waals surface area contributed by atoms with Crippen molar-refractivity contribution >= 4 is 11.6 Å². The summed E-state index contributed by atoms with van der Waals surface area (Å²) >= 11 is 0. The number of aryl methyl sites for hydroxylation is 1. The summed E-state index contributed by atoms with van der Waals surface area (Å²) in [6.45, 7) is 1.71. The predicted molar refractivity (Wildman–Crippen MR) is 70.4 cm³/mol. The fraction of sp³-hybridized carbons (Fsp3) is 0.462. The molecule has 106 valence electrons. The van der Waals surface area contributed by atoms with Gasteiger partial charge in [0.15, 0.2) is 0 Å². The quantitative estimate of drug-likeness (QED) is 0.776. The van der Waals surface area contributed by atoms with Crippen molar-refractivity contribution in [1.29, 1.82) is 0 Å². The number of carbonyl (C=O) groups excluding carboxylic acids is 1. The van der Waals surface area contributed by atoms with Gasteiger partial charge in [-0.25, -0.2) is 4.39 Å². The number of methoxy groups -OCH3 is 1. The van der Waals surface area contributed by atoms with Crippen molar-refractivity contribution in [3.8, 4) is 0 Å². The molecule has 0 bridgehead atoms. The molecule has 0 radical (unpaired) electrons. The number of nitrogens with zero attached hydrogens (tertiary/aromatic N) is 1. The van der Waals surface area contributed by atoms with Gasteiger partial charge in [0.1, 0.15) is 5.82 Å². The molecule has 1 aromatic carbocycles. The molecule has 0 aliphatic rings. The number of benzene rings is 1. The number of aliphatic hydroxyl groups excluding tert-OH is 1. The molecule has 0 aliphatic heterocycles. The second-order valence-electron chi connectivity index (χ2n) is 4.49. The van der Waals surface area contributed by atoms with E-state index < -0.39 is 17.8 Å². The maximum Gasteiger partial charge on any atom is 0.256 e. The van der Waals surface area contributed by atoms with Crippen molar-refractivity contribution in [2.24, 2.45) is 0 Å². The van der Waals surface area contributed by atoms with Crippen molar-refractivity contribution in [2.75, 3.05) is 33.0 Å². The lowest BCUT2D eigenvalue weighted by Crippen LogP contribution is -2.36. The third-order valence-corrected chi connectivity index (χ3v) is 2.70. The minimum absolute atomic E-state index is 0.0555. The van der Waals surface area contributed by atoms with Gasteiger partial charge in [0.05, 0.1) is 18.3 Å². The molecular formula is C13H19FN2O3. The molecule has 1 unspecified atom stereocenters. The van der Waals surface area contributed by atoms with Crippen LogP contribution in [0.5, 0.6) is 0 Å². The topological polar surface area (TPSA) is 75.8 Å². The molecule has 0 heterocycles. The molecule has 5 nitrogen and oxygen atoms in total. The molecule has 19 heavy (non-hydrogen) atoms. The standard InChI is InChI=1S/C13H19FN2O3/c1-8-4-9(15)5-11(12(8)14)13(18)16(2)6-10(17)7-19-3/h4-5,10,17H,6-7,15H2,1-3H3. The molecule has 0 spiro atoms. The minimum atomic E-state index is -0.816. The molecule has 0 fully saturated rings. The molecular weight excluding hydrogens is 251 g/mol. The second-order valence-corrected chi connectivity index (χ2v) is 4.49. The zero-order chi connectivity index (χ0) is 14.6. The van der Waals surface area contributed by atoms with E-state index >= 15 is 0 Å². The number of nitrogen functional groups attached to an aromatic ring is 1. The van der Waals surface area contributed by atoms with Crippen LogP contribution in [0, 0.1) is 12.7 Å². The highest BCUT2D eigenvalue weighted by atomic mass is 19.1. The number of nitrogens with two attached hydrogens (primary N) is 1. The Hall–Kier alpha value is -1.66. The third-order valence-electron chi connectivity index (χ3n) is 2.70. The van der Waals surface area contributed by atoms with Crippen LogP contribution in [-0.2, 0) is 4.74 Å². The average Bonchev–Trinajstić information content (AvgIpc) is 2.33. The molecule has 3 N–H and O–H groups in total. The summed E-state index contributed by atoms with van der Waals surface area (Å²) in [5, 5.41) is 9.56. The van der Waals surface area contributed by atoms with Gasteiger partial charge < -0.3 is 20.5 Å². The van der Waals surface area contributed by atoms with E-state index in [0.29, 0.717) is 11.3 Å². The molecule has 1 amide bonds. The maximum absolute atomic E-state index is 13.9. The zero-order valence-corrected chi connectivity index (χ0v) is 11.3. The average molecular weight is 270 g/mol. The Morgan fingerprint density at radius 3 is 2.79 bits per heavy atom. The lowest BCUT2D eigenvalue weighted by molar-refractivity contribution is 0.0378. The Morgan fingerprint density at radius 2 is 2.21 bits per heavy atom. The number of ether oxygens (including phenoxy) is 1. The molecule has 0 aliphatic carbocycles. The van der Waals surface area contributed by atoms with E-state index in [1.165, 1.54) is 31.2 Å². The van der Waals surface area contributed by atoms with Crippen LogP contribution in [0.3, 0.4) is 0 Å². The second kappa shape index (κ2) is 6.49. The minimum Gasteiger partial charge on any atom is -0.399 e. The first-order valence-corrected chi connectivity index (χ1v) is 5.85. The molecule has 0 saturated carbocycles. The Labute approximate surface area is 111 Å². The van der Waals surface area contributed by atoms with Crippen molar-refractivity contribution in [3.63, 3.8) is 0 Å². The number of aliphatic hydroxyl groups is 1. The van der Waals surface area contributed by atoms with Gasteiger partial charge in [-0.2, -0.15) is 0 Å². The number of anilines is 1. The van der Waals surface area contributed by atoms with Crippen LogP contribution in [0.15, 0.2) is 12.1 Å². The molecule has 6 heteroatoms. The predicted octanol–water partition coefficient (Wildman–Crippen LogP) is 0.796. The number of hydrogen-bond acceptors (Lipinski definition) is 4. The fourth-order valence-corrected chi connectivity index (χ4v) is 1.80. The van der Waals surface area contributed by atoms with Crippen molar-refractivity contribution in [1.82, 2.24) is 4.90 Å². The smallest absolute Gasteiger partial charge is 0.256 e. The lowest BCUT2D eigenvalue weighted by Gasteiger charge is -2.21. The van der Waals surface area contributed by atoms with Gasteiger partial charge in [0.2, 0.25) is 0 Å². The van der Waals surface area contributed by atoms with Crippen LogP contribution < -0.4 is 5.73 Å². The third kappa shape index (κ3) is 3.90. The largest absolute Gasteiger partial charge is 0.399 e. The molecule has 0 aromatic heterocycles. The Bertz CT molecular complexity index is 465. The van der Waals surface area contributed by atoms with Crippen LogP contribution in [0.25, 0.3) is 0 Å². The summed E-state index contributed by atoms with van der Waals surface area (Å²) in [4.78, 5) is 13.3. The van der Waals surface area contributed by atoms with Crippen molar-refractivity contribution in [3.05, 3.63) is 29.1 Å². The summed E-state index contributed by atoms with van der Waals surface area (Å²) in [7, 11) is 2.94. The zero-order valence-electron chi connectivity index (χ0n) is 11.3. The maximum atomic E-state index is 13.9. The Morgan fingerprint density at radius 1 is 1.58 bits per heavy atom. The summed E-state index contributed by atoms with van der Waals surface area (Å²) in [5.41, 5.74) is 6.16. The number of halogens is 1. The molecule has 0 saturated heterocycles. The van der Waals surface area contributed by atoms with Crippen molar-refractivity contribution in [2.45, 2.75) is 13.0 Å². The summed E-state index contributed by atoms with van der Waals surface area (Å²) in [5.74, 6) is -1.12. The first-order chi connectivity index (χ1) is 8.86. The van der Waals surface area contributed by atoms with E-state index in [0.717, 1.165) is 0 Å². The van der Waals surface area contributed by atoms with Gasteiger partial charge in [-0.3, -0.25) is 4.79 Å². The SMILES string of the molecule is COCC(O)CN(C)C(=O)c1cc(N)cc(C)c1F. The van der Waals surface area contributed by atoms with Gasteiger partial charge in [-0.15, -0.1) is 0 Å². The summed E-state index contributed by atoms with van der Waals surface area (Å²) < 4.78 is 18.7. The van der Waals surface area contributed by atoms with Gasteiger partial charge in [-0.1, -0.05) is 0 Å². The van der Waals surface area contributed by atoms with Crippen LogP contribution in [-0.4, -0.2) is 49.3 Å². The van der Waals surface area contributed by atoms with E-state index in [-0.39, 0.29) is 18.7 Å². The highest BCUT2D eigenvalue weighted by Crippen LogP contribution is 2.18. The Balaban J connectivity index is 2.88. The Kier molecular flexibility index (Phi) is 5.26. The summed E-state index contributed by atoms with van der Waals surface area (Å²) in [6, 6.07) is 2.76. The number of carbonyl (C=O) groups is 1. The molecule has 1 aromatic rings. The van der Waals surface area contributed by atoms with E-state index in [1.54, 1.807) is 6.92 Å². The summed E-state index contributed by atoms with van der Waals surface area (Å²) in [6.07, 6.45) is -0.816. The van der Waals surface area contributed by atoms with Crippen LogP contribution in [0.2, 0.25) is 0 Å². The normalized spacial score (nSPS) is 12.3. The number of amides is 1. The van der Waals surface area contributed by atoms with Gasteiger partial charge >= 0.3 is 0 Å². The van der Waals surface area contributed by atoms with Crippen LogP contribution in [0.1, 0.15) is 15.9 Å². The van der Waals surface area contributed by atoms with Gasteiger partial charge in [0, 0.05) is 26.4 Å². The van der Waals surface area contributed by atoms with E-state index in [4.69, 9.17) is 10.5 Å². The monoisotopic (exact) mass is 270 g/mol. The van der Waals surface area contributed by atoms with Crippen LogP contribution >= 0.6 is 0 Å². The molecule has 1 atom stereocenters. The first kappa shape index (κ1) is 15.4. The first-order valence-electron chi connectivity index (χ1n) is 5.85. The van der Waals surface area contributed by atoms with Gasteiger partial charge in [-0.05, 0) is 24.6 Å². The van der Waals surface area contributed by atoms with E-state index in [1.807, 2.05) is 0 Å². The number of likely N-dealkylation sites (N-methyl/N-ethyl adjacent to an activating group) is 1. The van der Waals surface area contributed by atoms with Gasteiger partial charge in [0.25, 0.3) is 5.91 Å². The highest BCUT2D eigenvalue weighted by Gasteiger charge is 2.20. The van der Waals surface area contributed by atoms with E-state index in [2.05, 4.69) is 0 Å². The fourth-order valence-electron chi connectivity index (χ4n) is 1.80. The lowest BCUT2D eigenvalue weighted by atomic mass is 10.1. The van der Waals surface area contributed by atoms with Crippen molar-refractivity contribution < 1.29 is 19.0 Å². The van der Waals surface area contributed by atoms with Crippen LogP contribution in [0.4, 0.5) is 10.1 Å². The highest BCUT2D eigenvalue weighted by molar-refractivity contribution is 5.95. The molecule has 1 rings (SSSR count).